The molecule has 1 aliphatic rings. The van der Waals surface area contributed by atoms with Crippen LogP contribution in [0, 0.1) is 0 Å². The van der Waals surface area contributed by atoms with E-state index in [2.05, 4.69) is 0 Å². The third-order valence-corrected chi connectivity index (χ3v) is 0.415. The van der Waals surface area contributed by atoms with Gasteiger partial charge in [0.15, 0.2) is 0 Å². The Morgan fingerprint density at radius 3 is 2.17 bits per heavy atom. The van der Waals surface area contributed by atoms with Gasteiger partial charge >= 0.3 is 0 Å². The molecule has 0 unspecified atom stereocenters. The molecule has 0 heterocycles. The maximum Gasteiger partial charge on any atom is 0.132 e. The van der Waals surface area contributed by atoms with E-state index in [9.17, 15) is 4.79 Å². The second kappa shape index (κ2) is 1.41. The van der Waals surface area contributed by atoms with Crippen LogP contribution in [0.25, 0.3) is 0 Å². The molecule has 0 atom stereocenters. The van der Waals surface area contributed by atoms with Crippen molar-refractivity contribution >= 4 is 5.78 Å². The molecular weight excluding hydrogens is 76.1 g/mol. The molecule has 1 nitrogen and oxygen atoms in total. The molecule has 34 valence electrons. The van der Waals surface area contributed by atoms with Crippen molar-refractivity contribution in [3.05, 3.63) is 0 Å². The van der Waals surface area contributed by atoms with Crippen LogP contribution in [0.15, 0.2) is 0 Å². The molecule has 0 bridgehead atoms. The highest BCUT2D eigenvalue weighted by atomic mass is 16.1. The van der Waals surface area contributed by atoms with Crippen molar-refractivity contribution in [1.82, 2.24) is 0 Å². The zero-order chi connectivity index (χ0) is 11.6. The standard InChI is InChI=1S/C5H8O/c6-5-3-1-2-4-5/h1-4H2/i1D2,2D2,3D2,4D2. The lowest BCUT2D eigenvalue weighted by Gasteiger charge is -1.71. The van der Waals surface area contributed by atoms with E-state index < -0.39 is 31.3 Å². The smallest absolute Gasteiger partial charge is 0.132 e. The Bertz CT molecular complexity index is 264. The van der Waals surface area contributed by atoms with Crippen molar-refractivity contribution in [2.75, 3.05) is 0 Å². The lowest BCUT2D eigenvalue weighted by molar-refractivity contribution is -0.117. The highest BCUT2D eigenvalue weighted by Crippen LogP contribution is 2.11. The number of carbonyl (C=O) groups excluding carboxylic acids is 1. The number of ketones is 1. The molecule has 1 rings (SSSR count). The van der Waals surface area contributed by atoms with E-state index in [1.165, 1.54) is 0 Å². The summed E-state index contributed by atoms with van der Waals surface area (Å²) in [7, 11) is 0. The molecule has 1 aliphatic carbocycles. The monoisotopic (exact) mass is 92.1 g/mol. The maximum absolute atomic E-state index is 11.1. The number of carbonyl (C=O) groups is 1. The lowest BCUT2D eigenvalue weighted by Crippen LogP contribution is -1.81. The Balaban J connectivity index is 3.46. The van der Waals surface area contributed by atoms with Gasteiger partial charge in [-0.3, -0.25) is 4.79 Å². The summed E-state index contributed by atoms with van der Waals surface area (Å²) in [5.41, 5.74) is 0. The predicted molar refractivity (Wildman–Crippen MR) is 23.5 cm³/mol. The third kappa shape index (κ3) is 0.588. The van der Waals surface area contributed by atoms with Gasteiger partial charge in [0, 0.05) is 23.7 Å². The van der Waals surface area contributed by atoms with Crippen molar-refractivity contribution in [2.45, 2.75) is 25.5 Å². The Morgan fingerprint density at radius 2 is 2.00 bits per heavy atom. The van der Waals surface area contributed by atoms with Crippen molar-refractivity contribution in [1.29, 1.82) is 0 Å². The molecular formula is C5H8O. The average Bonchev–Trinajstić information content (AvgIpc) is 2.05. The summed E-state index contributed by atoms with van der Waals surface area (Å²) < 4.78 is 56.8. The number of rotatable bonds is 0. The summed E-state index contributed by atoms with van der Waals surface area (Å²) in [5, 5.41) is 0. The lowest BCUT2D eigenvalue weighted by atomic mass is 10.4. The van der Waals surface area contributed by atoms with Crippen LogP contribution in [-0.4, -0.2) is 5.78 Å². The minimum Gasteiger partial charge on any atom is -0.300 e. The molecule has 0 saturated heterocycles. The van der Waals surface area contributed by atoms with Crippen molar-refractivity contribution in [3.63, 3.8) is 0 Å². The van der Waals surface area contributed by atoms with Crippen molar-refractivity contribution in [3.8, 4) is 0 Å². The highest BCUT2D eigenvalue weighted by Gasteiger charge is 2.07. The van der Waals surface area contributed by atoms with Gasteiger partial charge in [-0.05, 0) is 12.7 Å². The van der Waals surface area contributed by atoms with Crippen LogP contribution in [0.2, 0.25) is 0 Å². The van der Waals surface area contributed by atoms with Gasteiger partial charge in [0.05, 0.1) is 0 Å². The largest absolute Gasteiger partial charge is 0.300 e. The molecule has 0 aliphatic heterocycles. The Morgan fingerprint density at radius 1 is 1.50 bits per heavy atom. The molecule has 0 amide bonds. The first-order chi connectivity index (χ1) is 5.90. The molecule has 1 fully saturated rings. The Labute approximate surface area is 48.6 Å². The summed E-state index contributed by atoms with van der Waals surface area (Å²) in [6, 6.07) is 0. The van der Waals surface area contributed by atoms with Gasteiger partial charge in [-0.2, -0.15) is 0 Å². The minimum atomic E-state index is -3.17. The first kappa shape index (κ1) is 0.662. The average molecular weight is 92.2 g/mol. The summed E-state index contributed by atoms with van der Waals surface area (Å²) in [4.78, 5) is 11.1. The van der Waals surface area contributed by atoms with Crippen LogP contribution < -0.4 is 0 Å². The van der Waals surface area contributed by atoms with Gasteiger partial charge in [-0.15, -0.1) is 0 Å². The second-order valence-corrected chi connectivity index (χ2v) is 0.829. The van der Waals surface area contributed by atoms with Gasteiger partial charge in [0.1, 0.15) is 5.78 Å². The summed E-state index contributed by atoms with van der Waals surface area (Å²) in [6.45, 7) is 0. The fourth-order valence-corrected chi connectivity index (χ4v) is 0.207. The quantitative estimate of drug-likeness (QED) is 0.437. The second-order valence-electron chi connectivity index (χ2n) is 0.829. The van der Waals surface area contributed by atoms with Gasteiger partial charge in [-0.25, -0.2) is 0 Å². The van der Waals surface area contributed by atoms with Gasteiger partial charge in [-0.1, -0.05) is 0 Å². The zero-order valence-corrected chi connectivity index (χ0v) is 2.91. The molecule has 0 aromatic heterocycles. The van der Waals surface area contributed by atoms with Crippen molar-refractivity contribution < 1.29 is 15.8 Å². The van der Waals surface area contributed by atoms with E-state index in [0.29, 0.717) is 0 Å². The summed E-state index contributed by atoms with van der Waals surface area (Å²) >= 11 is 0. The molecule has 0 aromatic rings. The first-order valence-electron chi connectivity index (χ1n) is 5.45. The topological polar surface area (TPSA) is 17.1 Å². The van der Waals surface area contributed by atoms with Crippen LogP contribution in [-0.2, 0) is 4.79 Å². The minimum absolute atomic E-state index is 1.68. The van der Waals surface area contributed by atoms with E-state index in [0.717, 1.165) is 0 Å². The van der Waals surface area contributed by atoms with E-state index in [4.69, 9.17) is 11.0 Å². The van der Waals surface area contributed by atoms with Crippen LogP contribution in [0.1, 0.15) is 36.5 Å². The third-order valence-electron chi connectivity index (χ3n) is 0.415. The molecule has 0 aromatic carbocycles. The molecule has 0 spiro atoms. The van der Waals surface area contributed by atoms with Crippen LogP contribution in [0.5, 0.6) is 0 Å². The van der Waals surface area contributed by atoms with Gasteiger partial charge in [0.25, 0.3) is 0 Å². The number of hydrogen-bond donors (Lipinski definition) is 0. The number of Topliss-reactive ketones (excluding diaryl/α,β-unsaturated/α-hetero) is 1. The molecule has 0 N–H and O–H groups in total. The molecule has 6 heavy (non-hydrogen) atoms. The molecule has 0 radical (unpaired) electrons. The molecule has 1 heteroatoms. The van der Waals surface area contributed by atoms with Crippen LogP contribution in [0.4, 0.5) is 0 Å². The predicted octanol–water partition coefficient (Wildman–Crippen LogP) is 1.13. The van der Waals surface area contributed by atoms with E-state index in [1.54, 1.807) is 0 Å². The molecule has 1 saturated carbocycles. The fraction of sp³-hybridized carbons (Fsp3) is 0.800. The fourth-order valence-electron chi connectivity index (χ4n) is 0.207. The van der Waals surface area contributed by atoms with Gasteiger partial charge in [0.2, 0.25) is 0 Å². The highest BCUT2D eigenvalue weighted by molar-refractivity contribution is 5.79. The van der Waals surface area contributed by atoms with E-state index in [1.807, 2.05) is 0 Å². The Kier molecular flexibility index (Phi) is 0.156. The number of hydrogen-bond acceptors (Lipinski definition) is 1. The van der Waals surface area contributed by atoms with E-state index in [-0.39, 0.29) is 0 Å². The van der Waals surface area contributed by atoms with Gasteiger partial charge < -0.3 is 0 Å². The first-order valence-corrected chi connectivity index (χ1v) is 1.45. The Hall–Kier alpha value is -0.330. The van der Waals surface area contributed by atoms with Crippen LogP contribution >= 0.6 is 0 Å². The van der Waals surface area contributed by atoms with E-state index >= 15 is 0 Å². The SMILES string of the molecule is [2H]C1([2H])C(=O)C([2H])([2H])C([2H])([2H])C1([2H])[2H]. The summed E-state index contributed by atoms with van der Waals surface area (Å²) in [5.74, 6) is -1.68. The normalized spacial score (nSPS) is 75.7. The summed E-state index contributed by atoms with van der Waals surface area (Å²) in [6.07, 6.45) is -12.6. The maximum atomic E-state index is 11.1. The zero-order valence-electron chi connectivity index (χ0n) is 10.9. The van der Waals surface area contributed by atoms with Crippen LogP contribution in [0.3, 0.4) is 0 Å². The van der Waals surface area contributed by atoms with Crippen molar-refractivity contribution in [2.24, 2.45) is 0 Å².